The van der Waals surface area contributed by atoms with Gasteiger partial charge in [0.1, 0.15) is 5.75 Å². The van der Waals surface area contributed by atoms with Crippen molar-refractivity contribution in [3.8, 4) is 5.75 Å². The highest BCUT2D eigenvalue weighted by atomic mass is 35.5. The van der Waals surface area contributed by atoms with E-state index in [9.17, 15) is 0 Å². The van der Waals surface area contributed by atoms with Crippen molar-refractivity contribution >= 4 is 11.6 Å². The van der Waals surface area contributed by atoms with Crippen LogP contribution in [0, 0.1) is 6.92 Å². The summed E-state index contributed by atoms with van der Waals surface area (Å²) in [6.07, 6.45) is 4.55. The molecule has 1 aromatic rings. The second-order valence-electron chi connectivity index (χ2n) is 5.28. The van der Waals surface area contributed by atoms with Gasteiger partial charge in [0.05, 0.1) is 11.6 Å². The predicted octanol–water partition coefficient (Wildman–Crippen LogP) is 2.96. The molecule has 0 aromatic heterocycles. The van der Waals surface area contributed by atoms with Crippen LogP contribution in [-0.4, -0.2) is 13.2 Å². The van der Waals surface area contributed by atoms with Crippen LogP contribution in [0.1, 0.15) is 36.0 Å². The van der Waals surface area contributed by atoms with Crippen LogP contribution in [0.3, 0.4) is 0 Å². The fourth-order valence-electron chi connectivity index (χ4n) is 2.94. The highest BCUT2D eigenvalue weighted by Crippen LogP contribution is 2.51. The molecule has 2 nitrogen and oxygen atoms in total. The van der Waals surface area contributed by atoms with Gasteiger partial charge >= 0.3 is 0 Å². The molecule has 2 aliphatic rings. The van der Waals surface area contributed by atoms with E-state index in [2.05, 4.69) is 13.0 Å². The molecule has 1 aromatic carbocycles. The third-order valence-electron chi connectivity index (χ3n) is 4.25. The zero-order chi connectivity index (χ0) is 12.0. The molecule has 92 valence electrons. The van der Waals surface area contributed by atoms with Gasteiger partial charge in [-0.2, -0.15) is 0 Å². The highest BCUT2D eigenvalue weighted by molar-refractivity contribution is 6.32. The summed E-state index contributed by atoms with van der Waals surface area (Å²) in [5, 5.41) is 0.764. The first kappa shape index (κ1) is 11.4. The first-order valence-electron chi connectivity index (χ1n) is 6.33. The molecular formula is C14H18ClNO. The van der Waals surface area contributed by atoms with Crippen LogP contribution in [0.15, 0.2) is 6.07 Å². The van der Waals surface area contributed by atoms with Crippen LogP contribution in [0.5, 0.6) is 5.75 Å². The van der Waals surface area contributed by atoms with Crippen molar-refractivity contribution in [1.82, 2.24) is 0 Å². The summed E-state index contributed by atoms with van der Waals surface area (Å²) >= 11 is 6.34. The average molecular weight is 252 g/mol. The van der Waals surface area contributed by atoms with Gasteiger partial charge in [-0.05, 0) is 55.4 Å². The van der Waals surface area contributed by atoms with Gasteiger partial charge in [-0.1, -0.05) is 11.6 Å². The molecule has 3 heteroatoms. The molecule has 17 heavy (non-hydrogen) atoms. The van der Waals surface area contributed by atoms with Crippen LogP contribution in [-0.2, 0) is 11.8 Å². The standard InChI is InChI=1S/C14H18ClNO/c1-9-10-3-2-6-17-13(10)12(15)7-11(9)14(8-16)4-5-14/h7H,2-6,8,16H2,1H3. The van der Waals surface area contributed by atoms with Crippen LogP contribution >= 0.6 is 11.6 Å². The third kappa shape index (κ3) is 1.66. The molecule has 0 atom stereocenters. The number of hydrogen-bond acceptors (Lipinski definition) is 2. The van der Waals surface area contributed by atoms with Crippen molar-refractivity contribution in [1.29, 1.82) is 0 Å². The molecular weight excluding hydrogens is 234 g/mol. The lowest BCUT2D eigenvalue weighted by Gasteiger charge is -2.25. The van der Waals surface area contributed by atoms with Crippen molar-refractivity contribution in [3.05, 3.63) is 27.8 Å². The number of fused-ring (bicyclic) bond motifs is 1. The van der Waals surface area contributed by atoms with Crippen molar-refractivity contribution in [3.63, 3.8) is 0 Å². The second-order valence-corrected chi connectivity index (χ2v) is 5.68. The average Bonchev–Trinajstić information content (AvgIpc) is 3.15. The van der Waals surface area contributed by atoms with Crippen molar-refractivity contribution < 1.29 is 4.74 Å². The number of hydrogen-bond donors (Lipinski definition) is 1. The number of halogens is 1. The molecule has 1 fully saturated rings. The summed E-state index contributed by atoms with van der Waals surface area (Å²) in [5.74, 6) is 0.909. The molecule has 0 amide bonds. The van der Waals surface area contributed by atoms with Crippen LogP contribution in [0.2, 0.25) is 5.02 Å². The van der Waals surface area contributed by atoms with E-state index in [-0.39, 0.29) is 5.41 Å². The van der Waals surface area contributed by atoms with Crippen LogP contribution in [0.25, 0.3) is 0 Å². The molecule has 1 saturated carbocycles. The van der Waals surface area contributed by atoms with Crippen molar-refractivity contribution in [2.75, 3.05) is 13.2 Å². The quantitative estimate of drug-likeness (QED) is 0.877. The largest absolute Gasteiger partial charge is 0.492 e. The van der Waals surface area contributed by atoms with E-state index in [1.165, 1.54) is 29.5 Å². The normalized spacial score (nSPS) is 20.6. The van der Waals surface area contributed by atoms with Gasteiger partial charge in [-0.15, -0.1) is 0 Å². The second kappa shape index (κ2) is 3.89. The van der Waals surface area contributed by atoms with E-state index in [4.69, 9.17) is 22.1 Å². The van der Waals surface area contributed by atoms with Gasteiger partial charge < -0.3 is 10.5 Å². The van der Waals surface area contributed by atoms with Gasteiger partial charge in [0.25, 0.3) is 0 Å². The minimum absolute atomic E-state index is 0.209. The monoisotopic (exact) mass is 251 g/mol. The van der Waals surface area contributed by atoms with E-state index in [0.29, 0.717) is 0 Å². The maximum Gasteiger partial charge on any atom is 0.141 e. The molecule has 3 rings (SSSR count). The smallest absolute Gasteiger partial charge is 0.141 e. The Morgan fingerprint density at radius 3 is 2.88 bits per heavy atom. The summed E-state index contributed by atoms with van der Waals surface area (Å²) in [5.41, 5.74) is 10.1. The third-order valence-corrected chi connectivity index (χ3v) is 4.53. The van der Waals surface area contributed by atoms with E-state index in [1.54, 1.807) is 0 Å². The Kier molecular flexibility index (Phi) is 2.60. The summed E-state index contributed by atoms with van der Waals surface area (Å²) in [4.78, 5) is 0. The summed E-state index contributed by atoms with van der Waals surface area (Å²) in [6.45, 7) is 3.70. The molecule has 0 saturated heterocycles. The predicted molar refractivity (Wildman–Crippen MR) is 70.0 cm³/mol. The first-order chi connectivity index (χ1) is 8.18. The van der Waals surface area contributed by atoms with Gasteiger partial charge in [-0.3, -0.25) is 0 Å². The topological polar surface area (TPSA) is 35.2 Å². The fourth-order valence-corrected chi connectivity index (χ4v) is 3.22. The van der Waals surface area contributed by atoms with E-state index >= 15 is 0 Å². The molecule has 1 aliphatic heterocycles. The Labute approximate surface area is 107 Å². The lowest BCUT2D eigenvalue weighted by Crippen LogP contribution is -2.22. The van der Waals surface area contributed by atoms with Gasteiger partial charge in [0.2, 0.25) is 0 Å². The molecule has 2 N–H and O–H groups in total. The van der Waals surface area contributed by atoms with Gasteiger partial charge in [0.15, 0.2) is 0 Å². The SMILES string of the molecule is Cc1c(C2(CN)CC2)cc(Cl)c2c1CCCO2. The zero-order valence-electron chi connectivity index (χ0n) is 10.2. The lowest BCUT2D eigenvalue weighted by molar-refractivity contribution is 0.287. The Morgan fingerprint density at radius 1 is 1.47 bits per heavy atom. The minimum Gasteiger partial charge on any atom is -0.492 e. The van der Waals surface area contributed by atoms with E-state index in [1.807, 2.05) is 0 Å². The fraction of sp³-hybridized carbons (Fsp3) is 0.571. The maximum atomic E-state index is 6.34. The first-order valence-corrected chi connectivity index (χ1v) is 6.71. The number of ether oxygens (including phenoxy) is 1. The maximum absolute atomic E-state index is 6.34. The van der Waals surface area contributed by atoms with Crippen molar-refractivity contribution in [2.24, 2.45) is 5.73 Å². The molecule has 0 radical (unpaired) electrons. The Morgan fingerprint density at radius 2 is 2.24 bits per heavy atom. The summed E-state index contributed by atoms with van der Waals surface area (Å²) in [6, 6.07) is 2.08. The van der Waals surface area contributed by atoms with Crippen LogP contribution < -0.4 is 10.5 Å². The number of rotatable bonds is 2. The highest BCUT2D eigenvalue weighted by Gasteiger charge is 2.44. The molecule has 1 heterocycles. The Bertz CT molecular complexity index is 466. The summed E-state index contributed by atoms with van der Waals surface area (Å²) in [7, 11) is 0. The molecule has 0 spiro atoms. The zero-order valence-corrected chi connectivity index (χ0v) is 10.9. The molecule has 0 bridgehead atoms. The lowest BCUT2D eigenvalue weighted by atomic mass is 9.87. The van der Waals surface area contributed by atoms with Crippen molar-refractivity contribution in [2.45, 2.75) is 38.0 Å². The minimum atomic E-state index is 0.209. The van der Waals surface area contributed by atoms with E-state index < -0.39 is 0 Å². The molecule has 1 aliphatic carbocycles. The number of nitrogens with two attached hydrogens (primary N) is 1. The Hall–Kier alpha value is -0.730. The molecule has 0 unspecified atom stereocenters. The number of benzene rings is 1. The van der Waals surface area contributed by atoms with Gasteiger partial charge in [0, 0.05) is 12.0 Å². The Balaban J connectivity index is 2.15. The van der Waals surface area contributed by atoms with E-state index in [0.717, 1.165) is 36.8 Å². The van der Waals surface area contributed by atoms with Gasteiger partial charge in [-0.25, -0.2) is 0 Å². The van der Waals surface area contributed by atoms with Crippen LogP contribution in [0.4, 0.5) is 0 Å². The summed E-state index contributed by atoms with van der Waals surface area (Å²) < 4.78 is 5.69.